The number of morpholine rings is 2. The van der Waals surface area contributed by atoms with Crippen LogP contribution in [0.25, 0.3) is 11.4 Å². The number of hydrogen-bond acceptors (Lipinski definition) is 9. The van der Waals surface area contributed by atoms with Crippen LogP contribution in [0, 0.1) is 0 Å². The normalized spacial score (nSPS) is 16.1. The van der Waals surface area contributed by atoms with Crippen molar-refractivity contribution < 1.29 is 28.5 Å². The lowest BCUT2D eigenvalue weighted by Crippen LogP contribution is -2.43. The average Bonchev–Trinajstić information content (AvgIpc) is 2.90. The Balaban J connectivity index is 1.64. The zero-order chi connectivity index (χ0) is 24.6. The van der Waals surface area contributed by atoms with E-state index in [1.807, 2.05) is 24.0 Å². The van der Waals surface area contributed by atoms with Gasteiger partial charge in [-0.15, -0.1) is 0 Å². The van der Waals surface area contributed by atoms with Crippen LogP contribution in [0.4, 0.5) is 16.3 Å². The van der Waals surface area contributed by atoms with Gasteiger partial charge >= 0.3 is 12.0 Å². The molecule has 0 unspecified atom stereocenters. The van der Waals surface area contributed by atoms with E-state index >= 15 is 0 Å². The van der Waals surface area contributed by atoms with Crippen molar-refractivity contribution in [1.29, 1.82) is 0 Å². The fourth-order valence-corrected chi connectivity index (χ4v) is 3.84. The number of hydrogen-bond donors (Lipinski definition) is 1. The molecule has 0 radical (unpaired) electrons. The zero-order valence-electron chi connectivity index (χ0n) is 20.1. The fourth-order valence-electron chi connectivity index (χ4n) is 3.84. The van der Waals surface area contributed by atoms with Crippen molar-refractivity contribution in [3.8, 4) is 17.1 Å². The molecule has 2 aromatic rings. The van der Waals surface area contributed by atoms with E-state index in [2.05, 4.69) is 10.3 Å². The first-order valence-corrected chi connectivity index (χ1v) is 11.9. The van der Waals surface area contributed by atoms with E-state index in [9.17, 15) is 9.59 Å². The summed E-state index contributed by atoms with van der Waals surface area (Å²) in [5.74, 6) is 0.645. The van der Waals surface area contributed by atoms with Gasteiger partial charge in [0.1, 0.15) is 0 Å². The Kier molecular flexibility index (Phi) is 8.32. The molecule has 0 aliphatic carbocycles. The standard InChI is InChI=1S/C24H31N5O6/c1-3-34-20-19(23(30)35-4-2)26-21(27-22(20)28-9-13-32-14-10-28)17-5-7-18(8-6-17)25-24(31)29-11-15-33-16-12-29/h5-8H,3-4,9-16H2,1-2H3,(H,25,31). The third kappa shape index (κ3) is 5.98. The molecule has 11 nitrogen and oxygen atoms in total. The van der Waals surface area contributed by atoms with Gasteiger partial charge in [0.2, 0.25) is 0 Å². The van der Waals surface area contributed by atoms with Gasteiger partial charge in [0.15, 0.2) is 23.1 Å². The minimum absolute atomic E-state index is 0.0879. The van der Waals surface area contributed by atoms with E-state index in [1.54, 1.807) is 24.0 Å². The minimum atomic E-state index is -0.566. The van der Waals surface area contributed by atoms with Crippen molar-refractivity contribution >= 4 is 23.5 Å². The van der Waals surface area contributed by atoms with E-state index in [4.69, 9.17) is 23.9 Å². The summed E-state index contributed by atoms with van der Waals surface area (Å²) in [6.07, 6.45) is 0. The number of carbonyl (C=O) groups is 2. The topological polar surface area (TPSA) is 115 Å². The van der Waals surface area contributed by atoms with Crippen LogP contribution in [-0.4, -0.2) is 92.7 Å². The summed E-state index contributed by atoms with van der Waals surface area (Å²) in [7, 11) is 0. The first-order chi connectivity index (χ1) is 17.1. The molecule has 4 rings (SSSR count). The molecule has 35 heavy (non-hydrogen) atoms. The Labute approximate surface area is 204 Å². The maximum Gasteiger partial charge on any atom is 0.361 e. The number of benzene rings is 1. The van der Waals surface area contributed by atoms with E-state index in [0.717, 1.165) is 0 Å². The molecule has 1 N–H and O–H groups in total. The van der Waals surface area contributed by atoms with Crippen molar-refractivity contribution in [2.45, 2.75) is 13.8 Å². The van der Waals surface area contributed by atoms with Gasteiger partial charge in [0, 0.05) is 37.4 Å². The summed E-state index contributed by atoms with van der Waals surface area (Å²) in [5, 5.41) is 2.90. The van der Waals surface area contributed by atoms with E-state index < -0.39 is 5.97 Å². The molecule has 2 aliphatic rings. The van der Waals surface area contributed by atoms with Crippen LogP contribution in [0.15, 0.2) is 24.3 Å². The number of rotatable bonds is 7. The van der Waals surface area contributed by atoms with Crippen LogP contribution >= 0.6 is 0 Å². The van der Waals surface area contributed by atoms with Gasteiger partial charge in [-0.25, -0.2) is 19.6 Å². The summed E-state index contributed by atoms with van der Waals surface area (Å²) in [5.41, 5.74) is 1.43. The largest absolute Gasteiger partial charge is 0.488 e. The van der Waals surface area contributed by atoms with E-state index in [-0.39, 0.29) is 18.3 Å². The average molecular weight is 486 g/mol. The number of amides is 2. The quantitative estimate of drug-likeness (QED) is 0.590. The highest BCUT2D eigenvalue weighted by atomic mass is 16.5. The van der Waals surface area contributed by atoms with Crippen molar-refractivity contribution in [1.82, 2.24) is 14.9 Å². The maximum absolute atomic E-state index is 12.8. The molecule has 2 amide bonds. The fraction of sp³-hybridized carbons (Fsp3) is 0.500. The molecule has 0 atom stereocenters. The molecular formula is C24H31N5O6. The SMILES string of the molecule is CCOC(=O)c1nc(-c2ccc(NC(=O)N3CCOCC3)cc2)nc(N2CCOCC2)c1OCC. The number of aromatic nitrogens is 2. The Morgan fingerprint density at radius 1 is 0.943 bits per heavy atom. The van der Waals surface area contributed by atoms with Gasteiger partial charge in [-0.3, -0.25) is 0 Å². The van der Waals surface area contributed by atoms with Crippen molar-refractivity contribution in [2.24, 2.45) is 0 Å². The second kappa shape index (κ2) is 11.8. The van der Waals surface area contributed by atoms with Crippen LogP contribution in [0.5, 0.6) is 5.75 Å². The molecule has 0 saturated carbocycles. The first kappa shape index (κ1) is 24.7. The van der Waals surface area contributed by atoms with Gasteiger partial charge in [-0.1, -0.05) is 0 Å². The van der Waals surface area contributed by atoms with Crippen molar-refractivity contribution in [3.63, 3.8) is 0 Å². The predicted octanol–water partition coefficient (Wildman–Crippen LogP) is 2.42. The maximum atomic E-state index is 12.8. The number of ether oxygens (including phenoxy) is 4. The van der Waals surface area contributed by atoms with Crippen LogP contribution in [0.3, 0.4) is 0 Å². The number of nitrogens with zero attached hydrogens (tertiary/aromatic N) is 4. The number of urea groups is 1. The lowest BCUT2D eigenvalue weighted by Gasteiger charge is -2.29. The third-order valence-electron chi connectivity index (χ3n) is 5.61. The van der Waals surface area contributed by atoms with Gasteiger partial charge in [-0.2, -0.15) is 0 Å². The van der Waals surface area contributed by atoms with Gasteiger partial charge in [0.05, 0.1) is 39.6 Å². The first-order valence-electron chi connectivity index (χ1n) is 11.9. The summed E-state index contributed by atoms with van der Waals surface area (Å²) in [6, 6.07) is 7.01. The molecular weight excluding hydrogens is 454 g/mol. The third-order valence-corrected chi connectivity index (χ3v) is 5.61. The van der Waals surface area contributed by atoms with Crippen LogP contribution in [0.2, 0.25) is 0 Å². The summed E-state index contributed by atoms with van der Waals surface area (Å²) >= 11 is 0. The highest BCUT2D eigenvalue weighted by Gasteiger charge is 2.27. The monoisotopic (exact) mass is 485 g/mol. The number of carbonyl (C=O) groups excluding carboxylic acids is 2. The number of esters is 1. The molecule has 1 aromatic carbocycles. The number of anilines is 2. The second-order valence-electron chi connectivity index (χ2n) is 7.91. The number of nitrogens with one attached hydrogen (secondary N) is 1. The Bertz CT molecular complexity index is 1020. The molecule has 0 spiro atoms. The lowest BCUT2D eigenvalue weighted by molar-refractivity contribution is 0.0514. The molecule has 1 aromatic heterocycles. The summed E-state index contributed by atoms with van der Waals surface area (Å²) in [6.45, 7) is 8.69. The molecule has 3 heterocycles. The van der Waals surface area contributed by atoms with Gasteiger partial charge in [-0.05, 0) is 38.1 Å². The highest BCUT2D eigenvalue weighted by molar-refractivity contribution is 5.93. The smallest absolute Gasteiger partial charge is 0.361 e. The molecule has 11 heteroatoms. The van der Waals surface area contributed by atoms with Crippen molar-refractivity contribution in [2.75, 3.05) is 76.0 Å². The van der Waals surface area contributed by atoms with Crippen LogP contribution in [0.1, 0.15) is 24.3 Å². The minimum Gasteiger partial charge on any atom is -0.488 e. The van der Waals surface area contributed by atoms with Crippen LogP contribution < -0.4 is 15.0 Å². The highest BCUT2D eigenvalue weighted by Crippen LogP contribution is 2.33. The van der Waals surface area contributed by atoms with E-state index in [0.29, 0.717) is 87.9 Å². The Morgan fingerprint density at radius 2 is 1.60 bits per heavy atom. The van der Waals surface area contributed by atoms with Gasteiger partial charge < -0.3 is 34.1 Å². The molecule has 2 saturated heterocycles. The summed E-state index contributed by atoms with van der Waals surface area (Å²) < 4.78 is 21.9. The second-order valence-corrected chi connectivity index (χ2v) is 7.91. The Hall–Kier alpha value is -3.44. The molecule has 0 bridgehead atoms. The molecule has 2 fully saturated rings. The zero-order valence-corrected chi connectivity index (χ0v) is 20.1. The van der Waals surface area contributed by atoms with Gasteiger partial charge in [0.25, 0.3) is 0 Å². The lowest BCUT2D eigenvalue weighted by atomic mass is 10.1. The predicted molar refractivity (Wildman–Crippen MR) is 129 cm³/mol. The molecule has 188 valence electrons. The van der Waals surface area contributed by atoms with E-state index in [1.165, 1.54) is 0 Å². The summed E-state index contributed by atoms with van der Waals surface area (Å²) in [4.78, 5) is 38.3. The Morgan fingerprint density at radius 3 is 2.23 bits per heavy atom. The van der Waals surface area contributed by atoms with Crippen LogP contribution in [-0.2, 0) is 14.2 Å². The molecule has 2 aliphatic heterocycles. The van der Waals surface area contributed by atoms with Crippen molar-refractivity contribution in [3.05, 3.63) is 30.0 Å².